The van der Waals surface area contributed by atoms with Crippen LogP contribution in [0.15, 0.2) is 64.1 Å². The second kappa shape index (κ2) is 11.9. The lowest BCUT2D eigenvalue weighted by atomic mass is 9.91. The molecule has 3 aromatic rings. The minimum atomic E-state index is -2.12. The van der Waals surface area contributed by atoms with E-state index in [9.17, 15) is 9.18 Å². The summed E-state index contributed by atoms with van der Waals surface area (Å²) in [5.74, 6) is 0.319. The van der Waals surface area contributed by atoms with Gasteiger partial charge in [-0.15, -0.1) is 0 Å². The predicted molar refractivity (Wildman–Crippen MR) is 172 cm³/mol. The highest BCUT2D eigenvalue weighted by molar-refractivity contribution is 6.74. The van der Waals surface area contributed by atoms with Crippen LogP contribution in [0.25, 0.3) is 11.1 Å². The fraction of sp³-hybridized carbons (Fsp3) is 0.500. The summed E-state index contributed by atoms with van der Waals surface area (Å²) in [5.41, 5.74) is 4.89. The van der Waals surface area contributed by atoms with Gasteiger partial charge in [-0.1, -0.05) is 82.2 Å². The maximum Gasteiger partial charge on any atom is 0.234 e. The van der Waals surface area contributed by atoms with E-state index in [0.29, 0.717) is 30.1 Å². The number of hydroxylamine groups is 1. The van der Waals surface area contributed by atoms with E-state index in [4.69, 9.17) is 18.8 Å². The van der Waals surface area contributed by atoms with Crippen molar-refractivity contribution in [2.45, 2.75) is 96.8 Å². The fourth-order valence-corrected chi connectivity index (χ4v) is 7.13. The van der Waals surface area contributed by atoms with E-state index in [2.05, 4.69) is 44.5 Å². The van der Waals surface area contributed by atoms with Gasteiger partial charge in [-0.2, -0.15) is 0 Å². The van der Waals surface area contributed by atoms with Crippen molar-refractivity contribution >= 4 is 20.1 Å². The number of halogens is 1. The molecule has 3 unspecified atom stereocenters. The van der Waals surface area contributed by atoms with Gasteiger partial charge in [0.25, 0.3) is 0 Å². The largest absolute Gasteiger partial charge is 0.412 e. The number of carbonyl (C=O) groups is 1. The molecule has 0 aliphatic carbocycles. The number of amidine groups is 1. The first kappa shape index (κ1) is 32.1. The quantitative estimate of drug-likeness (QED) is 0.265. The van der Waals surface area contributed by atoms with Crippen molar-refractivity contribution in [3.8, 4) is 11.1 Å². The van der Waals surface area contributed by atoms with Gasteiger partial charge in [0.05, 0.1) is 17.8 Å². The van der Waals surface area contributed by atoms with E-state index >= 15 is 0 Å². The van der Waals surface area contributed by atoms with Gasteiger partial charge in [-0.3, -0.25) is 4.79 Å². The zero-order valence-corrected chi connectivity index (χ0v) is 28.3. The third-order valence-electron chi connectivity index (χ3n) is 9.31. The number of carbonyl (C=O) groups excluding carboxylic acids is 1. The van der Waals surface area contributed by atoms with Gasteiger partial charge in [0.15, 0.2) is 8.32 Å². The highest BCUT2D eigenvalue weighted by atomic mass is 28.4. The van der Waals surface area contributed by atoms with Crippen molar-refractivity contribution in [3.05, 3.63) is 77.4 Å². The van der Waals surface area contributed by atoms with Gasteiger partial charge in [-0.25, -0.2) is 19.7 Å². The van der Waals surface area contributed by atoms with Gasteiger partial charge >= 0.3 is 0 Å². The number of hydrogen-bond donors (Lipinski definition) is 1. The van der Waals surface area contributed by atoms with Gasteiger partial charge in [-0.05, 0) is 49.5 Å². The Morgan fingerprint density at radius 2 is 1.84 bits per heavy atom. The van der Waals surface area contributed by atoms with Crippen LogP contribution in [-0.4, -0.2) is 48.8 Å². The summed E-state index contributed by atoms with van der Waals surface area (Å²) in [6.45, 7) is 19.3. The second-order valence-electron chi connectivity index (χ2n) is 14.1. The number of rotatable bonds is 8. The molecule has 0 bridgehead atoms. The number of aromatic nitrogens is 1. The summed E-state index contributed by atoms with van der Waals surface area (Å²) in [6, 6.07) is 15.7. The standard InChI is InChI=1S/C34H45FN4O4Si/c1-21(2)30(29-18-22(3)37-41-29)32(40)39-20-25(42-44(8,9)33(4,5)6)19-28(39)31-36-34(7,43-38-31)24-16-14-23(15-17-24)26-12-10-11-13-27(26)35/h10-18,21,25,28,30H,19-20H2,1-9H3,(H,36,38)/t25?,28-,30?,34?/m0/s1. The third kappa shape index (κ3) is 6.25. The molecular weight excluding hydrogens is 575 g/mol. The van der Waals surface area contributed by atoms with E-state index < -0.39 is 20.0 Å². The molecule has 1 fully saturated rings. The van der Waals surface area contributed by atoms with E-state index in [1.165, 1.54) is 6.07 Å². The summed E-state index contributed by atoms with van der Waals surface area (Å²) in [5, 5.41) is 4.08. The van der Waals surface area contributed by atoms with Crippen molar-refractivity contribution < 1.29 is 23.0 Å². The van der Waals surface area contributed by atoms with Crippen molar-refractivity contribution in [1.82, 2.24) is 15.5 Å². The zero-order chi connectivity index (χ0) is 32.0. The highest BCUT2D eigenvalue weighted by Crippen LogP contribution is 2.41. The van der Waals surface area contributed by atoms with Gasteiger partial charge in [0, 0.05) is 30.2 Å². The van der Waals surface area contributed by atoms with Gasteiger partial charge < -0.3 is 13.8 Å². The molecule has 0 radical (unpaired) electrons. The van der Waals surface area contributed by atoms with Crippen LogP contribution in [0.1, 0.15) is 70.9 Å². The van der Waals surface area contributed by atoms with Crippen molar-refractivity contribution in [1.29, 1.82) is 0 Å². The van der Waals surface area contributed by atoms with Crippen molar-refractivity contribution in [2.75, 3.05) is 6.54 Å². The molecule has 44 heavy (non-hydrogen) atoms. The number of amides is 1. The van der Waals surface area contributed by atoms with Gasteiger partial charge in [0.2, 0.25) is 11.6 Å². The van der Waals surface area contributed by atoms with Crippen LogP contribution in [0.2, 0.25) is 18.1 Å². The molecule has 236 valence electrons. The molecule has 2 aromatic carbocycles. The lowest BCUT2D eigenvalue weighted by molar-refractivity contribution is -0.134. The van der Waals surface area contributed by atoms with E-state index in [-0.39, 0.29) is 34.8 Å². The lowest BCUT2D eigenvalue weighted by Crippen LogP contribution is -2.47. The van der Waals surface area contributed by atoms with Crippen LogP contribution >= 0.6 is 0 Å². The Hall–Kier alpha value is -3.34. The summed E-state index contributed by atoms with van der Waals surface area (Å²) in [4.78, 5) is 27.3. The molecule has 10 heteroatoms. The first-order valence-electron chi connectivity index (χ1n) is 15.4. The van der Waals surface area contributed by atoms with Crippen LogP contribution < -0.4 is 5.48 Å². The summed E-state index contributed by atoms with van der Waals surface area (Å²) in [7, 11) is -2.12. The number of hydrogen-bond acceptors (Lipinski definition) is 7. The maximum atomic E-state index is 14.4. The molecule has 3 heterocycles. The Morgan fingerprint density at radius 3 is 2.43 bits per heavy atom. The smallest absolute Gasteiger partial charge is 0.234 e. The van der Waals surface area contributed by atoms with E-state index in [1.807, 2.05) is 69.0 Å². The molecule has 1 aromatic heterocycles. The molecular formula is C34H45FN4O4Si. The number of nitrogens with one attached hydrogen (secondary N) is 1. The van der Waals surface area contributed by atoms with Crippen LogP contribution in [-0.2, 0) is 19.8 Å². The number of likely N-dealkylation sites (tertiary alicyclic amines) is 1. The molecule has 0 spiro atoms. The van der Waals surface area contributed by atoms with Crippen molar-refractivity contribution in [2.24, 2.45) is 10.9 Å². The zero-order valence-electron chi connectivity index (χ0n) is 27.3. The number of aryl methyl sites for hydroxylation is 1. The summed E-state index contributed by atoms with van der Waals surface area (Å²) < 4.78 is 26.8. The normalized spacial score (nSPS) is 23.2. The monoisotopic (exact) mass is 620 g/mol. The highest BCUT2D eigenvalue weighted by Gasteiger charge is 2.49. The molecule has 5 rings (SSSR count). The van der Waals surface area contributed by atoms with Crippen LogP contribution in [0, 0.1) is 18.7 Å². The second-order valence-corrected chi connectivity index (χ2v) is 18.8. The molecule has 4 atom stereocenters. The molecule has 1 N–H and O–H groups in total. The minimum absolute atomic E-state index is 0.0104. The van der Waals surface area contributed by atoms with E-state index in [1.54, 1.807) is 12.1 Å². The van der Waals surface area contributed by atoms with Crippen LogP contribution in [0.4, 0.5) is 4.39 Å². The molecule has 8 nitrogen and oxygen atoms in total. The Morgan fingerprint density at radius 1 is 1.16 bits per heavy atom. The van der Waals surface area contributed by atoms with Crippen molar-refractivity contribution in [3.63, 3.8) is 0 Å². The number of nitrogens with zero attached hydrogens (tertiary/aromatic N) is 3. The van der Waals surface area contributed by atoms with Gasteiger partial charge in [0.1, 0.15) is 23.3 Å². The topological polar surface area (TPSA) is 89.2 Å². The number of benzene rings is 2. The number of aliphatic imine (C=N–C) groups is 1. The Labute approximate surface area is 261 Å². The average Bonchev–Trinajstić information content (AvgIpc) is 3.67. The molecule has 2 aliphatic heterocycles. The minimum Gasteiger partial charge on any atom is -0.412 e. The molecule has 2 aliphatic rings. The maximum absolute atomic E-state index is 14.4. The Kier molecular flexibility index (Phi) is 8.65. The predicted octanol–water partition coefficient (Wildman–Crippen LogP) is 7.33. The van der Waals surface area contributed by atoms with Crippen LogP contribution in [0.3, 0.4) is 0 Å². The molecule has 1 saturated heterocycles. The third-order valence-corrected chi connectivity index (χ3v) is 13.8. The Bertz CT molecular complexity index is 1530. The lowest BCUT2D eigenvalue weighted by Gasteiger charge is -2.38. The fourth-order valence-electron chi connectivity index (χ4n) is 5.77. The summed E-state index contributed by atoms with van der Waals surface area (Å²) in [6.07, 6.45) is 0.446. The SMILES string of the molecule is Cc1cc(C(C(=O)N2CC(O[Si](C)(C)C(C)(C)C)C[C@H]2C2=NC(C)(c3ccc(-c4ccccc4F)cc3)ON2)C(C)C)on1. The van der Waals surface area contributed by atoms with E-state index in [0.717, 1.165) is 16.8 Å². The summed E-state index contributed by atoms with van der Waals surface area (Å²) >= 11 is 0. The average molecular weight is 621 g/mol. The molecule has 1 amide bonds. The first-order valence-corrected chi connectivity index (χ1v) is 18.3. The van der Waals surface area contributed by atoms with Crippen LogP contribution in [0.5, 0.6) is 0 Å². The Balaban J connectivity index is 1.45. The molecule has 0 saturated carbocycles. The first-order chi connectivity index (χ1) is 20.6.